The fourth-order valence-electron chi connectivity index (χ4n) is 2.50. The van der Waals surface area contributed by atoms with Gasteiger partial charge in [-0.3, -0.25) is 4.79 Å². The molecule has 0 radical (unpaired) electrons. The monoisotopic (exact) mass is 350 g/mol. The first kappa shape index (κ1) is 18.4. The average Bonchev–Trinajstić information content (AvgIpc) is 3.06. The lowest BCUT2D eigenvalue weighted by Gasteiger charge is -2.28. The van der Waals surface area contributed by atoms with Gasteiger partial charge in [-0.25, -0.2) is 0 Å². The summed E-state index contributed by atoms with van der Waals surface area (Å²) in [5.41, 5.74) is 6.11. The molecule has 24 heavy (non-hydrogen) atoms. The topological polar surface area (TPSA) is 94.0 Å². The summed E-state index contributed by atoms with van der Waals surface area (Å²) >= 11 is 5.86. The van der Waals surface area contributed by atoms with Crippen LogP contribution in [0.4, 0.5) is 0 Å². The van der Waals surface area contributed by atoms with E-state index in [1.54, 1.807) is 12.1 Å². The van der Waals surface area contributed by atoms with E-state index in [1.807, 2.05) is 26.0 Å². The van der Waals surface area contributed by atoms with Crippen molar-refractivity contribution >= 4 is 17.5 Å². The van der Waals surface area contributed by atoms with Gasteiger partial charge in [0, 0.05) is 30.1 Å². The van der Waals surface area contributed by atoms with E-state index in [-0.39, 0.29) is 5.91 Å². The summed E-state index contributed by atoms with van der Waals surface area (Å²) in [7, 11) is 0. The van der Waals surface area contributed by atoms with Gasteiger partial charge >= 0.3 is 0 Å². The molecule has 7 heteroatoms. The predicted octanol–water partition coefficient (Wildman–Crippen LogP) is 2.81. The number of benzene rings is 1. The molecule has 0 bridgehead atoms. The fourth-order valence-corrected chi connectivity index (χ4v) is 2.62. The first-order chi connectivity index (χ1) is 11.5. The Balaban J connectivity index is 1.92. The number of hydrogen-bond donors (Lipinski definition) is 2. The van der Waals surface area contributed by atoms with Crippen molar-refractivity contribution in [1.29, 1.82) is 0 Å². The van der Waals surface area contributed by atoms with Gasteiger partial charge in [0.25, 0.3) is 0 Å². The highest BCUT2D eigenvalue weighted by molar-refractivity contribution is 6.30. The van der Waals surface area contributed by atoms with E-state index in [4.69, 9.17) is 21.9 Å². The van der Waals surface area contributed by atoms with Gasteiger partial charge in [-0.2, -0.15) is 4.98 Å². The smallest absolute Gasteiger partial charge is 0.228 e. The number of halogens is 1. The third-order valence-electron chi connectivity index (χ3n) is 4.42. The zero-order chi connectivity index (χ0) is 17.6. The minimum absolute atomic E-state index is 0.0209. The number of hydrogen-bond acceptors (Lipinski definition) is 5. The van der Waals surface area contributed by atoms with Crippen molar-refractivity contribution in [2.45, 2.75) is 33.1 Å². The van der Waals surface area contributed by atoms with Gasteiger partial charge in [0.2, 0.25) is 17.6 Å². The maximum atomic E-state index is 12.3. The molecule has 0 aliphatic rings. The van der Waals surface area contributed by atoms with E-state index in [9.17, 15) is 4.79 Å². The van der Waals surface area contributed by atoms with E-state index in [2.05, 4.69) is 15.5 Å². The number of nitrogens with zero attached hydrogens (tertiary/aromatic N) is 2. The molecule has 1 aromatic carbocycles. The van der Waals surface area contributed by atoms with Crippen LogP contribution < -0.4 is 11.1 Å². The van der Waals surface area contributed by atoms with Crippen molar-refractivity contribution in [2.24, 2.45) is 11.1 Å². The van der Waals surface area contributed by atoms with Gasteiger partial charge in [0.1, 0.15) is 0 Å². The van der Waals surface area contributed by atoms with Crippen LogP contribution in [0.2, 0.25) is 5.02 Å². The van der Waals surface area contributed by atoms with Crippen LogP contribution in [-0.2, 0) is 11.2 Å². The molecule has 1 aromatic heterocycles. The molecular weight excluding hydrogens is 328 g/mol. The molecule has 3 N–H and O–H groups in total. The number of nitrogens with two attached hydrogens (primary N) is 1. The number of amides is 1. The molecule has 2 aromatic rings. The van der Waals surface area contributed by atoms with Crippen LogP contribution in [0.1, 0.15) is 32.6 Å². The van der Waals surface area contributed by atoms with Crippen molar-refractivity contribution < 1.29 is 9.32 Å². The van der Waals surface area contributed by atoms with Gasteiger partial charge in [0.05, 0.1) is 5.41 Å². The van der Waals surface area contributed by atoms with Gasteiger partial charge in [-0.1, -0.05) is 30.6 Å². The molecule has 0 atom stereocenters. The Morgan fingerprint density at radius 3 is 2.54 bits per heavy atom. The number of carbonyl (C=O) groups is 1. The summed E-state index contributed by atoms with van der Waals surface area (Å²) in [6.45, 7) is 4.73. The van der Waals surface area contributed by atoms with Crippen LogP contribution in [0, 0.1) is 5.41 Å². The van der Waals surface area contributed by atoms with Crippen LogP contribution in [0.5, 0.6) is 0 Å². The van der Waals surface area contributed by atoms with Crippen molar-refractivity contribution in [3.05, 3.63) is 35.2 Å². The number of rotatable bonds is 8. The number of carbonyl (C=O) groups excluding carboxylic acids is 1. The van der Waals surface area contributed by atoms with Crippen LogP contribution in [-0.4, -0.2) is 29.1 Å². The summed E-state index contributed by atoms with van der Waals surface area (Å²) in [6, 6.07) is 7.21. The van der Waals surface area contributed by atoms with Crippen molar-refractivity contribution in [1.82, 2.24) is 15.5 Å². The molecule has 130 valence electrons. The highest BCUT2D eigenvalue weighted by atomic mass is 35.5. The largest absolute Gasteiger partial charge is 0.355 e. The number of aromatic nitrogens is 2. The molecule has 6 nitrogen and oxygen atoms in total. The van der Waals surface area contributed by atoms with Gasteiger partial charge < -0.3 is 15.6 Å². The maximum Gasteiger partial charge on any atom is 0.228 e. The Labute approximate surface area is 146 Å². The first-order valence-electron chi connectivity index (χ1n) is 8.11. The lowest BCUT2D eigenvalue weighted by molar-refractivity contribution is -0.131. The summed E-state index contributed by atoms with van der Waals surface area (Å²) in [5.74, 6) is 0.963. The summed E-state index contributed by atoms with van der Waals surface area (Å²) < 4.78 is 5.23. The molecule has 0 saturated heterocycles. The van der Waals surface area contributed by atoms with Crippen LogP contribution in [0.15, 0.2) is 28.8 Å². The number of nitrogens with one attached hydrogen (secondary N) is 1. The van der Waals surface area contributed by atoms with Gasteiger partial charge in [-0.05, 0) is 37.1 Å². The SMILES string of the molecule is CCC(CC)(CN)C(=O)NCCc1nc(-c2ccc(Cl)cc2)no1. The highest BCUT2D eigenvalue weighted by Crippen LogP contribution is 2.25. The van der Waals surface area contributed by atoms with E-state index in [0.29, 0.717) is 49.1 Å². The molecular formula is C17H23ClN4O2. The lowest BCUT2D eigenvalue weighted by atomic mass is 9.81. The van der Waals surface area contributed by atoms with E-state index < -0.39 is 5.41 Å². The summed E-state index contributed by atoms with van der Waals surface area (Å²) in [5, 5.41) is 7.52. The van der Waals surface area contributed by atoms with Gasteiger partial charge in [-0.15, -0.1) is 0 Å². The molecule has 0 aliphatic heterocycles. The van der Waals surface area contributed by atoms with Gasteiger partial charge in [0.15, 0.2) is 0 Å². The van der Waals surface area contributed by atoms with Crippen molar-refractivity contribution in [3.63, 3.8) is 0 Å². The third-order valence-corrected chi connectivity index (χ3v) is 4.67. The van der Waals surface area contributed by atoms with E-state index >= 15 is 0 Å². The molecule has 1 heterocycles. The first-order valence-corrected chi connectivity index (χ1v) is 8.49. The molecule has 0 aliphatic carbocycles. The molecule has 1 amide bonds. The van der Waals surface area contributed by atoms with Crippen LogP contribution >= 0.6 is 11.6 Å². The summed E-state index contributed by atoms with van der Waals surface area (Å²) in [4.78, 5) is 16.7. The fraction of sp³-hybridized carbons (Fsp3) is 0.471. The molecule has 2 rings (SSSR count). The Kier molecular flexibility index (Phi) is 6.34. The van der Waals surface area contributed by atoms with Crippen molar-refractivity contribution in [2.75, 3.05) is 13.1 Å². The van der Waals surface area contributed by atoms with E-state index in [1.165, 1.54) is 0 Å². The quantitative estimate of drug-likeness (QED) is 0.763. The molecule has 0 unspecified atom stereocenters. The summed E-state index contributed by atoms with van der Waals surface area (Å²) in [6.07, 6.45) is 1.90. The molecule has 0 fully saturated rings. The Morgan fingerprint density at radius 2 is 1.96 bits per heavy atom. The van der Waals surface area contributed by atoms with Crippen LogP contribution in [0.25, 0.3) is 11.4 Å². The second kappa shape index (κ2) is 8.26. The zero-order valence-electron chi connectivity index (χ0n) is 14.0. The second-order valence-corrected chi connectivity index (χ2v) is 6.15. The minimum atomic E-state index is -0.497. The average molecular weight is 351 g/mol. The van der Waals surface area contributed by atoms with E-state index in [0.717, 1.165) is 5.56 Å². The second-order valence-electron chi connectivity index (χ2n) is 5.72. The Bertz CT molecular complexity index is 657. The molecule has 0 saturated carbocycles. The zero-order valence-corrected chi connectivity index (χ0v) is 14.8. The third kappa shape index (κ3) is 4.13. The lowest BCUT2D eigenvalue weighted by Crippen LogP contribution is -2.45. The standard InChI is InChI=1S/C17H23ClN4O2/c1-3-17(4-2,11-19)16(23)20-10-9-14-21-15(22-24-14)12-5-7-13(18)8-6-12/h5-8H,3-4,9-11,19H2,1-2H3,(H,20,23). The van der Waals surface area contributed by atoms with Crippen LogP contribution in [0.3, 0.4) is 0 Å². The highest BCUT2D eigenvalue weighted by Gasteiger charge is 2.32. The Hall–Kier alpha value is -1.92. The van der Waals surface area contributed by atoms with Crippen molar-refractivity contribution in [3.8, 4) is 11.4 Å². The maximum absolute atomic E-state index is 12.3. The normalized spacial score (nSPS) is 11.5. The predicted molar refractivity (Wildman–Crippen MR) is 93.5 cm³/mol. The minimum Gasteiger partial charge on any atom is -0.355 e. The Morgan fingerprint density at radius 1 is 1.29 bits per heavy atom. The molecule has 0 spiro atoms.